The number of hydrogen-bond donors (Lipinski definition) is 2. The van der Waals surface area contributed by atoms with Crippen LogP contribution in [0.3, 0.4) is 0 Å². The predicted molar refractivity (Wildman–Crippen MR) is 83.7 cm³/mol. The van der Waals surface area contributed by atoms with Gasteiger partial charge in [0.2, 0.25) is 5.91 Å². The maximum atomic E-state index is 11.9. The Hall–Kier alpha value is -1.85. The highest BCUT2D eigenvalue weighted by Gasteiger charge is 2.21. The van der Waals surface area contributed by atoms with Crippen molar-refractivity contribution in [2.75, 3.05) is 6.54 Å². The van der Waals surface area contributed by atoms with Crippen molar-refractivity contribution in [1.82, 2.24) is 20.4 Å². The normalized spacial score (nSPS) is 17.2. The van der Waals surface area contributed by atoms with Crippen molar-refractivity contribution in [3.05, 3.63) is 48.3 Å². The van der Waals surface area contributed by atoms with Crippen LogP contribution in [0.15, 0.2) is 42.7 Å². The summed E-state index contributed by atoms with van der Waals surface area (Å²) in [4.78, 5) is 11.9. The lowest BCUT2D eigenvalue weighted by atomic mass is 10.2. The van der Waals surface area contributed by atoms with E-state index in [1.54, 1.807) is 6.20 Å². The second-order valence-electron chi connectivity index (χ2n) is 5.00. The summed E-state index contributed by atoms with van der Waals surface area (Å²) in [5.74, 6) is 0.0787. The molecular weight excluding hydrogens is 288 g/mol. The third-order valence-electron chi connectivity index (χ3n) is 3.50. The van der Waals surface area contributed by atoms with E-state index in [9.17, 15) is 4.79 Å². The topological polar surface area (TPSA) is 59.0 Å². The van der Waals surface area contributed by atoms with E-state index in [1.165, 1.54) is 0 Å². The molecule has 0 radical (unpaired) electrons. The van der Waals surface area contributed by atoms with Gasteiger partial charge < -0.3 is 10.6 Å². The van der Waals surface area contributed by atoms with Gasteiger partial charge in [-0.25, -0.2) is 4.68 Å². The summed E-state index contributed by atoms with van der Waals surface area (Å²) in [6, 6.07) is 9.89. The zero-order valence-corrected chi connectivity index (χ0v) is 12.5. The zero-order valence-electron chi connectivity index (χ0n) is 11.7. The Kier molecular flexibility index (Phi) is 5.36. The molecule has 1 aliphatic heterocycles. The third-order valence-corrected chi connectivity index (χ3v) is 3.50. The Morgan fingerprint density at radius 2 is 2.19 bits per heavy atom. The van der Waals surface area contributed by atoms with Gasteiger partial charge in [-0.3, -0.25) is 4.79 Å². The van der Waals surface area contributed by atoms with Crippen LogP contribution < -0.4 is 10.6 Å². The first kappa shape index (κ1) is 15.5. The van der Waals surface area contributed by atoms with Gasteiger partial charge in [-0.05, 0) is 31.5 Å². The molecule has 0 unspecified atom stereocenters. The zero-order chi connectivity index (χ0) is 13.8. The molecule has 5 nitrogen and oxygen atoms in total. The minimum absolute atomic E-state index is 0. The maximum absolute atomic E-state index is 11.9. The lowest BCUT2D eigenvalue weighted by Gasteiger charge is -2.09. The molecule has 0 aliphatic carbocycles. The van der Waals surface area contributed by atoms with Gasteiger partial charge in [-0.1, -0.05) is 18.2 Å². The van der Waals surface area contributed by atoms with E-state index in [1.807, 2.05) is 41.2 Å². The van der Waals surface area contributed by atoms with Gasteiger partial charge in [0.25, 0.3) is 0 Å². The van der Waals surface area contributed by atoms with E-state index in [0.29, 0.717) is 6.54 Å². The van der Waals surface area contributed by atoms with Crippen LogP contribution in [0.1, 0.15) is 18.4 Å². The van der Waals surface area contributed by atoms with Crippen LogP contribution in [0, 0.1) is 0 Å². The molecule has 1 saturated heterocycles. The van der Waals surface area contributed by atoms with Gasteiger partial charge in [0.05, 0.1) is 17.9 Å². The Morgan fingerprint density at radius 3 is 2.90 bits per heavy atom. The van der Waals surface area contributed by atoms with E-state index < -0.39 is 0 Å². The Labute approximate surface area is 130 Å². The molecule has 1 amide bonds. The molecule has 0 saturated carbocycles. The number of hydrogen-bond acceptors (Lipinski definition) is 3. The average Bonchev–Trinajstić information content (AvgIpc) is 3.17. The van der Waals surface area contributed by atoms with Gasteiger partial charge in [-0.15, -0.1) is 12.4 Å². The first-order valence-electron chi connectivity index (χ1n) is 6.93. The smallest absolute Gasteiger partial charge is 0.237 e. The fraction of sp³-hybridized carbons (Fsp3) is 0.333. The number of benzene rings is 1. The largest absolute Gasteiger partial charge is 0.351 e. The first-order valence-corrected chi connectivity index (χ1v) is 6.93. The van der Waals surface area contributed by atoms with Crippen LogP contribution in [-0.4, -0.2) is 28.3 Å². The average molecular weight is 307 g/mol. The molecule has 112 valence electrons. The number of carbonyl (C=O) groups is 1. The predicted octanol–water partition coefficient (Wildman–Crippen LogP) is 1.66. The maximum Gasteiger partial charge on any atom is 0.237 e. The summed E-state index contributed by atoms with van der Waals surface area (Å²) in [7, 11) is 0. The molecule has 3 rings (SSSR count). The van der Waals surface area contributed by atoms with Crippen molar-refractivity contribution in [2.45, 2.75) is 25.4 Å². The summed E-state index contributed by atoms with van der Waals surface area (Å²) in [5, 5.41) is 10.5. The highest BCUT2D eigenvalue weighted by atomic mass is 35.5. The molecule has 2 heterocycles. The summed E-state index contributed by atoms with van der Waals surface area (Å²) in [5.41, 5.74) is 2.02. The summed E-state index contributed by atoms with van der Waals surface area (Å²) >= 11 is 0. The second-order valence-corrected chi connectivity index (χ2v) is 5.00. The molecule has 6 heteroatoms. The number of para-hydroxylation sites is 1. The van der Waals surface area contributed by atoms with Crippen LogP contribution >= 0.6 is 12.4 Å². The molecule has 2 aromatic rings. The minimum atomic E-state index is -0.0285. The van der Waals surface area contributed by atoms with E-state index in [2.05, 4.69) is 15.7 Å². The summed E-state index contributed by atoms with van der Waals surface area (Å²) in [6.07, 6.45) is 5.73. The summed E-state index contributed by atoms with van der Waals surface area (Å²) in [6.45, 7) is 1.45. The van der Waals surface area contributed by atoms with Crippen LogP contribution in [0.5, 0.6) is 0 Å². The summed E-state index contributed by atoms with van der Waals surface area (Å²) < 4.78 is 1.81. The molecule has 1 atom stereocenters. The highest BCUT2D eigenvalue weighted by Crippen LogP contribution is 2.08. The number of carbonyl (C=O) groups excluding carboxylic acids is 1. The van der Waals surface area contributed by atoms with E-state index in [0.717, 1.165) is 30.6 Å². The van der Waals surface area contributed by atoms with Crippen LogP contribution in [0.2, 0.25) is 0 Å². The highest BCUT2D eigenvalue weighted by molar-refractivity contribution is 5.85. The molecule has 1 fully saturated rings. The molecule has 1 aromatic heterocycles. The monoisotopic (exact) mass is 306 g/mol. The molecule has 2 N–H and O–H groups in total. The van der Waals surface area contributed by atoms with Crippen molar-refractivity contribution < 1.29 is 4.79 Å². The quantitative estimate of drug-likeness (QED) is 0.903. The van der Waals surface area contributed by atoms with Gasteiger partial charge in [0, 0.05) is 18.3 Å². The van der Waals surface area contributed by atoms with E-state index in [4.69, 9.17) is 0 Å². The van der Waals surface area contributed by atoms with Crippen molar-refractivity contribution in [2.24, 2.45) is 0 Å². The van der Waals surface area contributed by atoms with Gasteiger partial charge in [0.15, 0.2) is 0 Å². The van der Waals surface area contributed by atoms with Gasteiger partial charge in [-0.2, -0.15) is 5.10 Å². The molecule has 1 aromatic carbocycles. The second kappa shape index (κ2) is 7.24. The SMILES string of the molecule is Cl.O=C(NCc1cnn(-c2ccccc2)c1)[C@@H]1CCCN1. The van der Waals surface area contributed by atoms with Crippen molar-refractivity contribution in [3.8, 4) is 5.69 Å². The molecule has 0 bridgehead atoms. The van der Waals surface area contributed by atoms with Crippen molar-refractivity contribution in [3.63, 3.8) is 0 Å². The van der Waals surface area contributed by atoms with Crippen LogP contribution in [-0.2, 0) is 11.3 Å². The number of aromatic nitrogens is 2. The van der Waals surface area contributed by atoms with Gasteiger partial charge in [0.1, 0.15) is 0 Å². The fourth-order valence-corrected chi connectivity index (χ4v) is 2.39. The molecule has 1 aliphatic rings. The first-order chi connectivity index (χ1) is 9.83. The van der Waals surface area contributed by atoms with Gasteiger partial charge >= 0.3 is 0 Å². The Bertz CT molecular complexity index is 578. The lowest BCUT2D eigenvalue weighted by molar-refractivity contribution is -0.122. The van der Waals surface area contributed by atoms with Crippen molar-refractivity contribution >= 4 is 18.3 Å². The van der Waals surface area contributed by atoms with Crippen LogP contribution in [0.25, 0.3) is 5.69 Å². The number of nitrogens with zero attached hydrogens (tertiary/aromatic N) is 2. The number of halogens is 1. The minimum Gasteiger partial charge on any atom is -0.351 e. The molecule has 21 heavy (non-hydrogen) atoms. The lowest BCUT2D eigenvalue weighted by Crippen LogP contribution is -2.39. The van der Waals surface area contributed by atoms with Crippen molar-refractivity contribution in [1.29, 1.82) is 0 Å². The Morgan fingerprint density at radius 1 is 1.38 bits per heavy atom. The molecular formula is C15H19ClN4O. The standard InChI is InChI=1S/C15H18N4O.ClH/c20-15(14-7-4-8-16-14)17-9-12-10-18-19(11-12)13-5-2-1-3-6-13;/h1-3,5-6,10-11,14,16H,4,7-9H2,(H,17,20);1H/t14-;/m0./s1. The number of rotatable bonds is 4. The van der Waals surface area contributed by atoms with E-state index in [-0.39, 0.29) is 24.4 Å². The Balaban J connectivity index is 0.00000161. The molecule has 0 spiro atoms. The number of nitrogens with one attached hydrogen (secondary N) is 2. The van der Waals surface area contributed by atoms with E-state index >= 15 is 0 Å². The van der Waals surface area contributed by atoms with Crippen LogP contribution in [0.4, 0.5) is 0 Å². The third kappa shape index (κ3) is 3.83. The fourth-order valence-electron chi connectivity index (χ4n) is 2.39. The number of amides is 1.